The second kappa shape index (κ2) is 10.1. The molecule has 2 N–H and O–H groups in total. The number of rotatable bonds is 10. The first-order valence-electron chi connectivity index (χ1n) is 6.52. The van der Waals surface area contributed by atoms with Crippen LogP contribution in [0.4, 0.5) is 0 Å². The highest BCUT2D eigenvalue weighted by Gasteiger charge is 2.06. The van der Waals surface area contributed by atoms with Crippen molar-refractivity contribution in [1.82, 2.24) is 5.32 Å². The molecule has 0 bridgehead atoms. The minimum atomic E-state index is -0.382. The second-order valence-electron chi connectivity index (χ2n) is 5.14. The van der Waals surface area contributed by atoms with Gasteiger partial charge >= 0.3 is 0 Å². The standard InChI is InChI=1S/C13H29NO2/c1-5-6-12(4)7-14-8-13(15)10-16-9-11(2)3/h11-15H,5-10H2,1-4H3. The molecule has 0 aromatic heterocycles. The summed E-state index contributed by atoms with van der Waals surface area (Å²) >= 11 is 0. The normalized spacial score (nSPS) is 15.4. The Morgan fingerprint density at radius 3 is 2.38 bits per heavy atom. The van der Waals surface area contributed by atoms with E-state index in [0.29, 0.717) is 25.0 Å². The molecule has 0 amide bonds. The third kappa shape index (κ3) is 10.4. The zero-order valence-electron chi connectivity index (χ0n) is 11.3. The molecule has 0 aliphatic heterocycles. The van der Waals surface area contributed by atoms with Gasteiger partial charge < -0.3 is 15.2 Å². The van der Waals surface area contributed by atoms with Gasteiger partial charge in [0.15, 0.2) is 0 Å². The molecule has 0 saturated heterocycles. The quantitative estimate of drug-likeness (QED) is 0.604. The van der Waals surface area contributed by atoms with E-state index in [1.165, 1.54) is 12.8 Å². The first-order chi connectivity index (χ1) is 7.56. The topological polar surface area (TPSA) is 41.5 Å². The van der Waals surface area contributed by atoms with Crippen molar-refractivity contribution < 1.29 is 9.84 Å². The summed E-state index contributed by atoms with van der Waals surface area (Å²) in [6, 6.07) is 0. The van der Waals surface area contributed by atoms with Crippen molar-refractivity contribution in [2.24, 2.45) is 11.8 Å². The summed E-state index contributed by atoms with van der Waals surface area (Å²) in [4.78, 5) is 0. The van der Waals surface area contributed by atoms with E-state index >= 15 is 0 Å². The molecule has 3 nitrogen and oxygen atoms in total. The van der Waals surface area contributed by atoms with Gasteiger partial charge in [-0.05, 0) is 24.8 Å². The largest absolute Gasteiger partial charge is 0.389 e. The Labute approximate surface area is 101 Å². The van der Waals surface area contributed by atoms with Gasteiger partial charge in [0.25, 0.3) is 0 Å². The predicted octanol–water partition coefficient (Wildman–Crippen LogP) is 2.05. The van der Waals surface area contributed by atoms with E-state index < -0.39 is 0 Å². The number of ether oxygens (including phenoxy) is 1. The average molecular weight is 231 g/mol. The first kappa shape index (κ1) is 15.9. The van der Waals surface area contributed by atoms with Gasteiger partial charge in [-0.1, -0.05) is 34.1 Å². The predicted molar refractivity (Wildman–Crippen MR) is 68.6 cm³/mol. The lowest BCUT2D eigenvalue weighted by Crippen LogP contribution is -2.33. The van der Waals surface area contributed by atoms with Crippen LogP contribution < -0.4 is 5.32 Å². The van der Waals surface area contributed by atoms with Crippen molar-refractivity contribution in [3.05, 3.63) is 0 Å². The molecule has 0 fully saturated rings. The van der Waals surface area contributed by atoms with Crippen molar-refractivity contribution in [1.29, 1.82) is 0 Å². The van der Waals surface area contributed by atoms with E-state index in [9.17, 15) is 5.11 Å². The molecule has 0 heterocycles. The maximum Gasteiger partial charge on any atom is 0.0897 e. The highest BCUT2D eigenvalue weighted by molar-refractivity contribution is 4.61. The van der Waals surface area contributed by atoms with Crippen LogP contribution in [0, 0.1) is 11.8 Å². The summed E-state index contributed by atoms with van der Waals surface area (Å²) in [5, 5.41) is 12.9. The van der Waals surface area contributed by atoms with E-state index in [1.54, 1.807) is 0 Å². The Balaban J connectivity index is 3.32. The average Bonchev–Trinajstić information content (AvgIpc) is 2.17. The molecule has 0 aromatic carbocycles. The molecule has 0 radical (unpaired) electrons. The number of hydrogen-bond donors (Lipinski definition) is 2. The monoisotopic (exact) mass is 231 g/mol. The molecule has 0 aliphatic carbocycles. The Kier molecular flexibility index (Phi) is 9.99. The van der Waals surface area contributed by atoms with Crippen LogP contribution in [0.25, 0.3) is 0 Å². The van der Waals surface area contributed by atoms with Crippen LogP contribution in [0.2, 0.25) is 0 Å². The lowest BCUT2D eigenvalue weighted by atomic mass is 10.1. The third-order valence-corrected chi connectivity index (χ3v) is 2.42. The molecular formula is C13H29NO2. The fourth-order valence-electron chi connectivity index (χ4n) is 1.59. The Bertz CT molecular complexity index is 151. The number of hydrogen-bond acceptors (Lipinski definition) is 3. The molecule has 98 valence electrons. The number of aliphatic hydroxyl groups is 1. The first-order valence-corrected chi connectivity index (χ1v) is 6.52. The Morgan fingerprint density at radius 1 is 1.12 bits per heavy atom. The van der Waals surface area contributed by atoms with Gasteiger partial charge in [-0.25, -0.2) is 0 Å². The zero-order chi connectivity index (χ0) is 12.4. The summed E-state index contributed by atoms with van der Waals surface area (Å²) in [7, 11) is 0. The van der Waals surface area contributed by atoms with Crippen LogP contribution >= 0.6 is 0 Å². The molecule has 0 spiro atoms. The third-order valence-electron chi connectivity index (χ3n) is 2.42. The maximum absolute atomic E-state index is 9.62. The molecule has 3 heteroatoms. The van der Waals surface area contributed by atoms with Crippen molar-refractivity contribution in [2.75, 3.05) is 26.3 Å². The molecule has 0 saturated carbocycles. The highest BCUT2D eigenvalue weighted by Crippen LogP contribution is 2.02. The van der Waals surface area contributed by atoms with Gasteiger partial charge in [-0.2, -0.15) is 0 Å². The van der Waals surface area contributed by atoms with Gasteiger partial charge in [0.1, 0.15) is 0 Å². The van der Waals surface area contributed by atoms with E-state index in [0.717, 1.165) is 13.2 Å². The van der Waals surface area contributed by atoms with Crippen LogP contribution in [-0.4, -0.2) is 37.5 Å². The van der Waals surface area contributed by atoms with Crippen LogP contribution in [-0.2, 0) is 4.74 Å². The zero-order valence-corrected chi connectivity index (χ0v) is 11.3. The minimum absolute atomic E-state index is 0.382. The van der Waals surface area contributed by atoms with Gasteiger partial charge in [0.2, 0.25) is 0 Å². The summed E-state index contributed by atoms with van der Waals surface area (Å²) in [6.07, 6.45) is 2.09. The molecule has 16 heavy (non-hydrogen) atoms. The second-order valence-corrected chi connectivity index (χ2v) is 5.14. The van der Waals surface area contributed by atoms with E-state index in [1.807, 2.05) is 0 Å². The summed E-state index contributed by atoms with van der Waals surface area (Å²) in [6.45, 7) is 11.4. The molecule has 0 aromatic rings. The van der Waals surface area contributed by atoms with Crippen molar-refractivity contribution >= 4 is 0 Å². The molecule has 0 aliphatic rings. The summed E-state index contributed by atoms with van der Waals surface area (Å²) < 4.78 is 5.37. The fraction of sp³-hybridized carbons (Fsp3) is 1.00. The lowest BCUT2D eigenvalue weighted by Gasteiger charge is -2.15. The minimum Gasteiger partial charge on any atom is -0.389 e. The summed E-state index contributed by atoms with van der Waals surface area (Å²) in [5.74, 6) is 1.22. The smallest absolute Gasteiger partial charge is 0.0897 e. The Hall–Kier alpha value is -0.120. The lowest BCUT2D eigenvalue weighted by molar-refractivity contribution is 0.0259. The molecule has 2 unspecified atom stereocenters. The SMILES string of the molecule is CCCC(C)CNCC(O)COCC(C)C. The molecular weight excluding hydrogens is 202 g/mol. The van der Waals surface area contributed by atoms with Crippen LogP contribution in [0.15, 0.2) is 0 Å². The van der Waals surface area contributed by atoms with Gasteiger partial charge in [-0.15, -0.1) is 0 Å². The van der Waals surface area contributed by atoms with Crippen molar-refractivity contribution in [2.45, 2.75) is 46.6 Å². The van der Waals surface area contributed by atoms with Crippen LogP contribution in [0.5, 0.6) is 0 Å². The number of nitrogens with one attached hydrogen (secondary N) is 1. The highest BCUT2D eigenvalue weighted by atomic mass is 16.5. The van der Waals surface area contributed by atoms with Gasteiger partial charge in [0.05, 0.1) is 12.7 Å². The fourth-order valence-corrected chi connectivity index (χ4v) is 1.59. The van der Waals surface area contributed by atoms with Crippen molar-refractivity contribution in [3.63, 3.8) is 0 Å². The molecule has 0 rings (SSSR count). The van der Waals surface area contributed by atoms with E-state index in [4.69, 9.17) is 4.74 Å². The van der Waals surface area contributed by atoms with Gasteiger partial charge in [0, 0.05) is 13.2 Å². The van der Waals surface area contributed by atoms with Crippen LogP contribution in [0.1, 0.15) is 40.5 Å². The van der Waals surface area contributed by atoms with Crippen LogP contribution in [0.3, 0.4) is 0 Å². The van der Waals surface area contributed by atoms with Gasteiger partial charge in [-0.3, -0.25) is 0 Å². The van der Waals surface area contributed by atoms with Crippen molar-refractivity contribution in [3.8, 4) is 0 Å². The molecule has 2 atom stereocenters. The number of aliphatic hydroxyl groups excluding tert-OH is 1. The van der Waals surface area contributed by atoms with E-state index in [2.05, 4.69) is 33.0 Å². The Morgan fingerprint density at radius 2 is 1.81 bits per heavy atom. The summed E-state index contributed by atoms with van der Waals surface area (Å²) in [5.41, 5.74) is 0. The van der Waals surface area contributed by atoms with E-state index in [-0.39, 0.29) is 6.10 Å². The maximum atomic E-state index is 9.62.